The van der Waals surface area contributed by atoms with Gasteiger partial charge in [-0.05, 0) is 51.0 Å². The molecule has 27 heavy (non-hydrogen) atoms. The van der Waals surface area contributed by atoms with Crippen LogP contribution in [0.3, 0.4) is 0 Å². The van der Waals surface area contributed by atoms with Gasteiger partial charge in [-0.25, -0.2) is 14.6 Å². The van der Waals surface area contributed by atoms with Gasteiger partial charge in [0.15, 0.2) is 0 Å². The predicted octanol–water partition coefficient (Wildman–Crippen LogP) is 4.37. The van der Waals surface area contributed by atoms with Crippen molar-refractivity contribution in [1.29, 1.82) is 0 Å². The van der Waals surface area contributed by atoms with Crippen LogP contribution in [-0.4, -0.2) is 40.9 Å². The molecule has 2 aliphatic rings. The molecule has 1 saturated carbocycles. The summed E-state index contributed by atoms with van der Waals surface area (Å²) in [6, 6.07) is 9.40. The summed E-state index contributed by atoms with van der Waals surface area (Å²) in [5.41, 5.74) is 1.42. The number of allylic oxidation sites excluding steroid dienone is 1. The molecule has 0 aromatic heterocycles. The van der Waals surface area contributed by atoms with Crippen molar-refractivity contribution in [3.63, 3.8) is 0 Å². The molecule has 0 bridgehead atoms. The van der Waals surface area contributed by atoms with Gasteiger partial charge < -0.3 is 9.47 Å². The molecule has 0 unspecified atom stereocenters. The zero-order valence-corrected chi connectivity index (χ0v) is 16.3. The van der Waals surface area contributed by atoms with Crippen molar-refractivity contribution in [2.75, 3.05) is 13.1 Å². The molecular weight excluding hydrogens is 344 g/mol. The van der Waals surface area contributed by atoms with Crippen molar-refractivity contribution in [2.45, 2.75) is 45.8 Å². The van der Waals surface area contributed by atoms with Gasteiger partial charge in [0.05, 0.1) is 0 Å². The van der Waals surface area contributed by atoms with Crippen LogP contribution in [0.1, 0.15) is 39.2 Å². The maximum absolute atomic E-state index is 12.8. The molecule has 0 radical (unpaired) electrons. The number of nitrogens with zero attached hydrogens (tertiary/aromatic N) is 2. The maximum Gasteiger partial charge on any atom is 0.435 e. The Labute approximate surface area is 160 Å². The van der Waals surface area contributed by atoms with Gasteiger partial charge in [-0.15, -0.1) is 5.01 Å². The number of carbonyl (C=O) groups excluding carboxylic acids is 2. The molecule has 0 spiro atoms. The number of fused-ring (bicyclic) bond motifs is 1. The molecule has 1 aromatic carbocycles. The predicted molar refractivity (Wildman–Crippen MR) is 102 cm³/mol. The van der Waals surface area contributed by atoms with Crippen molar-refractivity contribution in [2.24, 2.45) is 11.8 Å². The van der Waals surface area contributed by atoms with Crippen LogP contribution >= 0.6 is 0 Å². The van der Waals surface area contributed by atoms with Crippen molar-refractivity contribution >= 4 is 12.2 Å². The third kappa shape index (κ3) is 4.89. The first kappa shape index (κ1) is 19.4. The lowest BCUT2D eigenvalue weighted by molar-refractivity contribution is -0.0400. The normalized spacial score (nSPS) is 22.4. The van der Waals surface area contributed by atoms with Gasteiger partial charge in [0.1, 0.15) is 12.2 Å². The van der Waals surface area contributed by atoms with Gasteiger partial charge in [-0.3, -0.25) is 0 Å². The summed E-state index contributed by atoms with van der Waals surface area (Å²) in [4.78, 5) is 25.5. The molecule has 6 heteroatoms. The SMILES string of the molecule is C=C1C[C@@H]2CN(N(C(=O)OCc3ccccc3)C(=O)OC(C)(C)C)C[C@@H]2C1. The van der Waals surface area contributed by atoms with Crippen molar-refractivity contribution < 1.29 is 19.1 Å². The summed E-state index contributed by atoms with van der Waals surface area (Å²) in [6.45, 7) is 10.8. The van der Waals surface area contributed by atoms with E-state index in [1.54, 1.807) is 25.8 Å². The van der Waals surface area contributed by atoms with E-state index in [1.807, 2.05) is 30.3 Å². The van der Waals surface area contributed by atoms with E-state index in [9.17, 15) is 9.59 Å². The monoisotopic (exact) mass is 372 g/mol. The minimum Gasteiger partial charge on any atom is -0.443 e. The van der Waals surface area contributed by atoms with Gasteiger partial charge in [0, 0.05) is 13.1 Å². The fourth-order valence-electron chi connectivity index (χ4n) is 3.76. The number of imide groups is 1. The second-order valence-electron chi connectivity index (χ2n) is 8.38. The quantitative estimate of drug-likeness (QED) is 0.737. The zero-order valence-electron chi connectivity index (χ0n) is 16.3. The van der Waals surface area contributed by atoms with E-state index < -0.39 is 17.8 Å². The smallest absolute Gasteiger partial charge is 0.435 e. The number of rotatable bonds is 3. The minimum absolute atomic E-state index is 0.108. The number of hydrogen-bond acceptors (Lipinski definition) is 5. The molecule has 3 rings (SSSR count). The van der Waals surface area contributed by atoms with E-state index in [-0.39, 0.29) is 6.61 Å². The Morgan fingerprint density at radius 3 is 2.26 bits per heavy atom. The summed E-state index contributed by atoms with van der Waals surface area (Å²) < 4.78 is 10.9. The lowest BCUT2D eigenvalue weighted by Gasteiger charge is -2.31. The second kappa shape index (κ2) is 7.72. The van der Waals surface area contributed by atoms with Crippen LogP contribution in [0.4, 0.5) is 9.59 Å². The molecule has 1 aliphatic carbocycles. The lowest BCUT2D eigenvalue weighted by Crippen LogP contribution is -2.51. The fourth-order valence-corrected chi connectivity index (χ4v) is 3.76. The van der Waals surface area contributed by atoms with Crippen LogP contribution in [0, 0.1) is 11.8 Å². The Kier molecular flexibility index (Phi) is 5.56. The fraction of sp³-hybridized carbons (Fsp3) is 0.524. The van der Waals surface area contributed by atoms with Gasteiger partial charge in [-0.2, -0.15) is 0 Å². The van der Waals surface area contributed by atoms with Crippen LogP contribution in [0.15, 0.2) is 42.5 Å². The molecule has 1 saturated heterocycles. The van der Waals surface area contributed by atoms with E-state index in [2.05, 4.69) is 6.58 Å². The Morgan fingerprint density at radius 2 is 1.70 bits per heavy atom. The summed E-state index contributed by atoms with van der Waals surface area (Å²) in [5.74, 6) is 0.841. The largest absolute Gasteiger partial charge is 0.443 e. The lowest BCUT2D eigenvalue weighted by atomic mass is 10.0. The summed E-state index contributed by atoms with van der Waals surface area (Å²) in [5, 5.41) is 2.80. The molecule has 2 amide bonds. The first-order valence-corrected chi connectivity index (χ1v) is 9.38. The third-order valence-electron chi connectivity index (χ3n) is 4.89. The number of hydrazine groups is 1. The molecule has 1 aromatic rings. The molecule has 2 fully saturated rings. The molecule has 2 atom stereocenters. The highest BCUT2D eigenvalue weighted by molar-refractivity contribution is 5.87. The molecule has 0 N–H and O–H groups in total. The van der Waals surface area contributed by atoms with Gasteiger partial charge in [-0.1, -0.05) is 42.5 Å². The maximum atomic E-state index is 12.8. The number of benzene rings is 1. The molecule has 6 nitrogen and oxygen atoms in total. The molecule has 1 aliphatic heterocycles. The van der Waals surface area contributed by atoms with Crippen molar-refractivity contribution in [3.05, 3.63) is 48.0 Å². The summed E-state index contributed by atoms with van der Waals surface area (Å²) in [6.07, 6.45) is 0.497. The number of carbonyl (C=O) groups is 2. The Morgan fingerprint density at radius 1 is 1.11 bits per heavy atom. The number of hydrogen-bond donors (Lipinski definition) is 0. The van der Waals surface area contributed by atoms with Gasteiger partial charge in [0.2, 0.25) is 0 Å². The topological polar surface area (TPSA) is 59.1 Å². The molecular formula is C21H28N2O4. The van der Waals surface area contributed by atoms with E-state index in [1.165, 1.54) is 5.57 Å². The number of ether oxygens (including phenoxy) is 2. The van der Waals surface area contributed by atoms with Crippen LogP contribution in [0.25, 0.3) is 0 Å². The Hall–Kier alpha value is -2.34. The summed E-state index contributed by atoms with van der Waals surface area (Å²) >= 11 is 0. The highest BCUT2D eigenvalue weighted by Crippen LogP contribution is 2.41. The van der Waals surface area contributed by atoms with E-state index >= 15 is 0 Å². The zero-order chi connectivity index (χ0) is 19.6. The van der Waals surface area contributed by atoms with Crippen LogP contribution < -0.4 is 0 Å². The van der Waals surface area contributed by atoms with Crippen LogP contribution in [0.5, 0.6) is 0 Å². The van der Waals surface area contributed by atoms with E-state index in [0.29, 0.717) is 24.9 Å². The van der Waals surface area contributed by atoms with Gasteiger partial charge in [0.25, 0.3) is 0 Å². The van der Waals surface area contributed by atoms with Crippen LogP contribution in [0.2, 0.25) is 0 Å². The standard InChI is InChI=1S/C21H28N2O4/c1-15-10-17-12-22(13-18(17)11-15)23(20(25)27-21(2,3)4)19(24)26-14-16-8-6-5-7-9-16/h5-9,17-18H,1,10-14H2,2-4H3/t17-,18+. The molecule has 146 valence electrons. The first-order chi connectivity index (χ1) is 12.7. The van der Waals surface area contributed by atoms with Crippen molar-refractivity contribution in [3.8, 4) is 0 Å². The average Bonchev–Trinajstić information content (AvgIpc) is 3.09. The molecule has 1 heterocycles. The van der Waals surface area contributed by atoms with Gasteiger partial charge >= 0.3 is 12.2 Å². The van der Waals surface area contributed by atoms with E-state index in [0.717, 1.165) is 23.4 Å². The Balaban J connectivity index is 1.70. The highest BCUT2D eigenvalue weighted by Gasteiger charge is 2.44. The first-order valence-electron chi connectivity index (χ1n) is 9.38. The van der Waals surface area contributed by atoms with Crippen molar-refractivity contribution in [1.82, 2.24) is 10.0 Å². The third-order valence-corrected chi connectivity index (χ3v) is 4.89. The van der Waals surface area contributed by atoms with Crippen LogP contribution in [-0.2, 0) is 16.1 Å². The second-order valence-corrected chi connectivity index (χ2v) is 8.38. The average molecular weight is 372 g/mol. The number of amides is 2. The highest BCUT2D eigenvalue weighted by atomic mass is 16.6. The summed E-state index contributed by atoms with van der Waals surface area (Å²) in [7, 11) is 0. The van der Waals surface area contributed by atoms with E-state index in [4.69, 9.17) is 9.47 Å². The Bertz CT molecular complexity index is 695. The minimum atomic E-state index is -0.702.